The van der Waals surface area contributed by atoms with E-state index in [1.54, 1.807) is 51.5 Å². The molecular weight excluding hydrogens is 350 g/mol. The number of aromatic nitrogens is 1. The summed E-state index contributed by atoms with van der Waals surface area (Å²) in [5.74, 6) is 0.150. The third kappa shape index (κ3) is 6.18. The monoisotopic (exact) mass is 373 g/mol. The first-order valence-electron chi connectivity index (χ1n) is 8.37. The lowest BCUT2D eigenvalue weighted by Gasteiger charge is -2.20. The molecule has 2 N–H and O–H groups in total. The normalized spacial score (nSPS) is 11.4. The highest BCUT2D eigenvalue weighted by Crippen LogP contribution is 2.23. The van der Waals surface area contributed by atoms with Crippen LogP contribution in [-0.2, 0) is 11.3 Å². The van der Waals surface area contributed by atoms with E-state index in [9.17, 15) is 9.59 Å². The summed E-state index contributed by atoms with van der Waals surface area (Å²) in [7, 11) is 3.14. The molecule has 2 rings (SSSR count). The van der Waals surface area contributed by atoms with Crippen LogP contribution in [-0.4, -0.2) is 47.7 Å². The Hall–Kier alpha value is -3.29. The van der Waals surface area contributed by atoms with E-state index in [1.165, 1.54) is 4.90 Å². The highest BCUT2D eigenvalue weighted by atomic mass is 16.5. The first kappa shape index (κ1) is 20.0. The van der Waals surface area contributed by atoms with Gasteiger partial charge in [-0.15, -0.1) is 0 Å². The smallest absolute Gasteiger partial charge is 0.317 e. The van der Waals surface area contributed by atoms with Crippen LogP contribution in [0.2, 0.25) is 0 Å². The largest absolute Gasteiger partial charge is 0.497 e. The maximum absolute atomic E-state index is 12.0. The van der Waals surface area contributed by atoms with Crippen LogP contribution in [0.4, 0.5) is 4.79 Å². The van der Waals surface area contributed by atoms with Crippen molar-refractivity contribution in [3.8, 4) is 17.4 Å². The predicted molar refractivity (Wildman–Crippen MR) is 99.0 cm³/mol. The lowest BCUT2D eigenvalue weighted by Crippen LogP contribution is -2.40. The minimum absolute atomic E-state index is 0.132. The summed E-state index contributed by atoms with van der Waals surface area (Å²) >= 11 is 0. The van der Waals surface area contributed by atoms with Gasteiger partial charge in [0.1, 0.15) is 11.5 Å². The van der Waals surface area contributed by atoms with E-state index in [4.69, 9.17) is 14.6 Å². The Balaban J connectivity index is 1.86. The first-order valence-corrected chi connectivity index (χ1v) is 8.37. The van der Waals surface area contributed by atoms with Gasteiger partial charge in [-0.25, -0.2) is 9.78 Å². The summed E-state index contributed by atoms with van der Waals surface area (Å²) < 4.78 is 10.8. The maximum atomic E-state index is 12.0. The van der Waals surface area contributed by atoms with Gasteiger partial charge >= 0.3 is 12.0 Å². The van der Waals surface area contributed by atoms with Crippen molar-refractivity contribution in [1.29, 1.82) is 0 Å². The van der Waals surface area contributed by atoms with Gasteiger partial charge in [0.2, 0.25) is 5.88 Å². The fourth-order valence-corrected chi connectivity index (χ4v) is 2.25. The molecule has 2 amide bonds. The second kappa shape index (κ2) is 9.42. The van der Waals surface area contributed by atoms with Crippen LogP contribution in [0.15, 0.2) is 42.6 Å². The van der Waals surface area contributed by atoms with E-state index in [0.29, 0.717) is 17.4 Å². The second-order valence-corrected chi connectivity index (χ2v) is 6.06. The molecule has 0 aliphatic carbocycles. The molecule has 0 saturated heterocycles. The van der Waals surface area contributed by atoms with Gasteiger partial charge in [0.15, 0.2) is 0 Å². The molecule has 1 atom stereocenters. The van der Waals surface area contributed by atoms with Crippen molar-refractivity contribution in [2.45, 2.75) is 13.5 Å². The average molecular weight is 373 g/mol. The molecule has 0 spiro atoms. The van der Waals surface area contributed by atoms with Crippen molar-refractivity contribution in [3.05, 3.63) is 48.2 Å². The Morgan fingerprint density at radius 1 is 1.26 bits per heavy atom. The van der Waals surface area contributed by atoms with Crippen LogP contribution in [0.3, 0.4) is 0 Å². The number of carbonyl (C=O) groups excluding carboxylic acids is 1. The van der Waals surface area contributed by atoms with Gasteiger partial charge in [0.05, 0.1) is 13.0 Å². The molecular formula is C19H23N3O5. The number of aliphatic carboxylic acids is 1. The number of nitrogens with zero attached hydrogens (tertiary/aromatic N) is 2. The van der Waals surface area contributed by atoms with Crippen molar-refractivity contribution in [1.82, 2.24) is 15.2 Å². The number of carbonyl (C=O) groups is 2. The van der Waals surface area contributed by atoms with Crippen LogP contribution >= 0.6 is 0 Å². The summed E-state index contributed by atoms with van der Waals surface area (Å²) in [6, 6.07) is 10.3. The van der Waals surface area contributed by atoms with Crippen LogP contribution in [0, 0.1) is 5.92 Å². The Morgan fingerprint density at radius 3 is 2.63 bits per heavy atom. The van der Waals surface area contributed by atoms with E-state index in [1.807, 2.05) is 12.1 Å². The summed E-state index contributed by atoms with van der Waals surface area (Å²) in [6.45, 7) is 1.96. The third-order valence-corrected chi connectivity index (χ3v) is 3.82. The van der Waals surface area contributed by atoms with Crippen LogP contribution < -0.4 is 14.8 Å². The van der Waals surface area contributed by atoms with E-state index in [-0.39, 0.29) is 19.1 Å². The zero-order chi connectivity index (χ0) is 19.8. The molecule has 1 aromatic carbocycles. The number of nitrogens with one attached hydrogen (secondary N) is 1. The maximum Gasteiger partial charge on any atom is 0.317 e. The third-order valence-electron chi connectivity index (χ3n) is 3.82. The summed E-state index contributed by atoms with van der Waals surface area (Å²) in [6.07, 6.45) is 1.61. The number of benzene rings is 1. The van der Waals surface area contributed by atoms with Crippen LogP contribution in [0.1, 0.15) is 12.5 Å². The summed E-state index contributed by atoms with van der Waals surface area (Å²) in [4.78, 5) is 28.4. The number of amides is 2. The van der Waals surface area contributed by atoms with Crippen molar-refractivity contribution >= 4 is 12.0 Å². The fraction of sp³-hybridized carbons (Fsp3) is 0.316. The SMILES string of the molecule is COc1cccc(Oc2ccc(CNC(=O)N(C)CC(C)C(=O)O)cn2)c1. The fourth-order valence-electron chi connectivity index (χ4n) is 2.25. The zero-order valence-electron chi connectivity index (χ0n) is 15.5. The molecule has 8 heteroatoms. The minimum atomic E-state index is -0.939. The van der Waals surface area contributed by atoms with Crippen LogP contribution in [0.5, 0.6) is 17.4 Å². The topological polar surface area (TPSA) is 101 Å². The van der Waals surface area contributed by atoms with E-state index in [0.717, 1.165) is 5.56 Å². The molecule has 0 saturated carbocycles. The van der Waals surface area contributed by atoms with Gasteiger partial charge in [-0.3, -0.25) is 4.79 Å². The van der Waals surface area contributed by atoms with E-state index >= 15 is 0 Å². The molecule has 2 aromatic rings. The number of hydrogen-bond acceptors (Lipinski definition) is 5. The van der Waals surface area contributed by atoms with Gasteiger partial charge < -0.3 is 24.8 Å². The molecule has 8 nitrogen and oxygen atoms in total. The van der Waals surface area contributed by atoms with Gasteiger partial charge in [-0.1, -0.05) is 19.1 Å². The van der Waals surface area contributed by atoms with Gasteiger partial charge in [-0.2, -0.15) is 0 Å². The highest BCUT2D eigenvalue weighted by Gasteiger charge is 2.17. The molecule has 0 fully saturated rings. The molecule has 1 aromatic heterocycles. The average Bonchev–Trinajstić information content (AvgIpc) is 2.67. The quantitative estimate of drug-likeness (QED) is 0.738. The molecule has 0 aliphatic rings. The van der Waals surface area contributed by atoms with Crippen molar-refractivity contribution in [2.24, 2.45) is 5.92 Å². The molecule has 0 radical (unpaired) electrons. The lowest BCUT2D eigenvalue weighted by atomic mass is 10.2. The minimum Gasteiger partial charge on any atom is -0.497 e. The van der Waals surface area contributed by atoms with Gasteiger partial charge in [0.25, 0.3) is 0 Å². The number of carboxylic acid groups (broad SMARTS) is 1. The van der Waals surface area contributed by atoms with E-state index in [2.05, 4.69) is 10.3 Å². The van der Waals surface area contributed by atoms with E-state index < -0.39 is 11.9 Å². The zero-order valence-corrected chi connectivity index (χ0v) is 15.5. The van der Waals surface area contributed by atoms with Crippen LogP contribution in [0.25, 0.3) is 0 Å². The molecule has 1 heterocycles. The summed E-state index contributed by atoms with van der Waals surface area (Å²) in [5.41, 5.74) is 0.793. The van der Waals surface area contributed by atoms with Crippen molar-refractivity contribution in [3.63, 3.8) is 0 Å². The Kier molecular flexibility index (Phi) is 6.99. The first-order chi connectivity index (χ1) is 12.9. The number of ether oxygens (including phenoxy) is 2. The molecule has 0 aliphatic heterocycles. The lowest BCUT2D eigenvalue weighted by molar-refractivity contribution is -0.141. The van der Waals surface area contributed by atoms with Crippen molar-refractivity contribution < 1.29 is 24.2 Å². The number of rotatable bonds is 8. The number of pyridine rings is 1. The number of carboxylic acids is 1. The molecule has 27 heavy (non-hydrogen) atoms. The standard InChI is InChI=1S/C19H23N3O5/c1-13(18(23)24)12-22(2)19(25)21-11-14-7-8-17(20-10-14)27-16-6-4-5-15(9-16)26-3/h4-10,13H,11-12H2,1-3H3,(H,21,25)(H,23,24). The highest BCUT2D eigenvalue weighted by molar-refractivity contribution is 5.75. The predicted octanol–water partition coefficient (Wildman–Crippen LogP) is 2.74. The molecule has 1 unspecified atom stereocenters. The number of hydrogen-bond donors (Lipinski definition) is 2. The van der Waals surface area contributed by atoms with Gasteiger partial charge in [0, 0.05) is 38.5 Å². The second-order valence-electron chi connectivity index (χ2n) is 6.06. The summed E-state index contributed by atoms with van der Waals surface area (Å²) in [5, 5.41) is 11.6. The van der Waals surface area contributed by atoms with Gasteiger partial charge in [-0.05, 0) is 17.7 Å². The molecule has 144 valence electrons. The molecule has 0 bridgehead atoms. The number of methoxy groups -OCH3 is 1. The Bertz CT molecular complexity index is 779. The number of urea groups is 1. The van der Waals surface area contributed by atoms with Crippen molar-refractivity contribution in [2.75, 3.05) is 20.7 Å². The Morgan fingerprint density at radius 2 is 2.00 bits per heavy atom. The Labute approximate surface area is 157 Å².